The number of hydrogen-bond acceptors (Lipinski definition) is 12. The molecule has 1 aromatic carbocycles. The van der Waals surface area contributed by atoms with Gasteiger partial charge in [0.1, 0.15) is 5.75 Å². The van der Waals surface area contributed by atoms with Crippen molar-refractivity contribution in [2.24, 2.45) is 23.7 Å². The molecule has 5 rings (SSSR count). The number of likely N-dealkylation sites (N-methyl/N-ethyl adjacent to an activating group) is 1. The fraction of sp³-hybridized carbons (Fsp3) is 0.621. The first-order valence-corrected chi connectivity index (χ1v) is 14.2. The van der Waals surface area contributed by atoms with Gasteiger partial charge in [0.15, 0.2) is 34.7 Å². The van der Waals surface area contributed by atoms with E-state index in [4.69, 9.17) is 5.11 Å². The summed E-state index contributed by atoms with van der Waals surface area (Å²) in [4.78, 5) is 74.2. The lowest BCUT2D eigenvalue weighted by Crippen LogP contribution is -2.75. The van der Waals surface area contributed by atoms with Crippen LogP contribution in [-0.2, 0) is 24.8 Å². The summed E-state index contributed by atoms with van der Waals surface area (Å²) in [6, 6.07) is 2.96. The van der Waals surface area contributed by atoms with Gasteiger partial charge in [-0.05, 0) is 39.1 Å². The third kappa shape index (κ3) is 4.50. The number of aromatic hydroxyl groups is 1. The molecule has 42 heavy (non-hydrogen) atoms. The van der Waals surface area contributed by atoms with Crippen LogP contribution in [-0.4, -0.2) is 136 Å². The molecule has 5 N–H and O–H groups in total. The third-order valence-electron chi connectivity index (χ3n) is 9.72. The van der Waals surface area contributed by atoms with E-state index in [9.17, 15) is 39.3 Å². The number of ketones is 4. The highest BCUT2D eigenvalue weighted by atomic mass is 16.3. The van der Waals surface area contributed by atoms with Gasteiger partial charge in [0.2, 0.25) is 5.91 Å². The average Bonchev–Trinajstić information content (AvgIpc) is 2.93. The maximum Gasteiger partial charge on any atom is 0.239 e. The summed E-state index contributed by atoms with van der Waals surface area (Å²) >= 11 is 0. The summed E-state index contributed by atoms with van der Waals surface area (Å²) in [7, 11) is 3.07. The van der Waals surface area contributed by atoms with Gasteiger partial charge < -0.3 is 25.7 Å². The Morgan fingerprint density at radius 1 is 1.02 bits per heavy atom. The zero-order valence-corrected chi connectivity index (χ0v) is 23.9. The van der Waals surface area contributed by atoms with Gasteiger partial charge in [-0.15, -0.1) is 0 Å². The smallest absolute Gasteiger partial charge is 0.239 e. The van der Waals surface area contributed by atoms with Crippen LogP contribution in [0.15, 0.2) is 18.2 Å². The number of rotatable bonds is 6. The summed E-state index contributed by atoms with van der Waals surface area (Å²) in [5.41, 5.74) is -4.77. The molecule has 3 unspecified atom stereocenters. The summed E-state index contributed by atoms with van der Waals surface area (Å²) in [6.45, 7) is 4.50. The number of benzene rings is 1. The Labute approximate surface area is 243 Å². The second kappa shape index (κ2) is 10.9. The molecule has 13 nitrogen and oxygen atoms in total. The normalized spacial score (nSPS) is 35.5. The van der Waals surface area contributed by atoms with E-state index in [1.807, 2.05) is 4.90 Å². The van der Waals surface area contributed by atoms with Crippen LogP contribution in [0.25, 0.3) is 0 Å². The quantitative estimate of drug-likeness (QED) is 0.225. The molecule has 0 aromatic heterocycles. The first-order chi connectivity index (χ1) is 19.8. The number of amides is 1. The van der Waals surface area contributed by atoms with E-state index in [1.165, 1.54) is 44.1 Å². The molecule has 3 aliphatic carbocycles. The molecule has 2 saturated carbocycles. The minimum atomic E-state index is -2.84. The lowest BCUT2D eigenvalue weighted by Gasteiger charge is -2.55. The molecule has 1 aromatic rings. The van der Waals surface area contributed by atoms with Crippen molar-refractivity contribution in [1.29, 1.82) is 0 Å². The van der Waals surface area contributed by atoms with Gasteiger partial charge in [0, 0.05) is 44.6 Å². The van der Waals surface area contributed by atoms with Crippen LogP contribution in [0.5, 0.6) is 5.75 Å². The predicted octanol–water partition coefficient (Wildman–Crippen LogP) is -2.27. The van der Waals surface area contributed by atoms with Crippen molar-refractivity contribution in [3.63, 3.8) is 0 Å². The van der Waals surface area contributed by atoms with E-state index in [0.29, 0.717) is 32.7 Å². The molecule has 7 atom stereocenters. The Bertz CT molecular complexity index is 1320. The lowest BCUT2D eigenvalue weighted by molar-refractivity contribution is -0.188. The first kappa shape index (κ1) is 30.4. The number of nitrogens with zero attached hydrogens (tertiary/aromatic N) is 3. The number of phenols is 1. The number of carbonyl (C=O) groups is 5. The van der Waals surface area contributed by atoms with Crippen molar-refractivity contribution in [2.45, 2.75) is 30.6 Å². The maximum atomic E-state index is 14.1. The molecule has 0 spiro atoms. The molecular formula is C29H38N4O9. The highest BCUT2D eigenvalue weighted by Gasteiger charge is 2.71. The molecule has 0 radical (unpaired) electrons. The van der Waals surface area contributed by atoms with Crippen molar-refractivity contribution in [3.05, 3.63) is 29.3 Å². The number of nitrogens with one attached hydrogen (secondary N) is 1. The number of phenolic OH excluding ortho intramolecular Hbond substituents is 1. The van der Waals surface area contributed by atoms with Crippen LogP contribution in [0.2, 0.25) is 0 Å². The zero-order chi connectivity index (χ0) is 30.7. The number of hydrogen-bond donors (Lipinski definition) is 5. The van der Waals surface area contributed by atoms with Crippen molar-refractivity contribution < 1.29 is 44.4 Å². The van der Waals surface area contributed by atoms with Crippen molar-refractivity contribution >= 4 is 29.0 Å². The standard InChI is InChI=1S/C29H38N4O9/c1-28(41)15-5-4-6-18(35)19(15)23(36)20-16(28)13-17-22(31(2)3)24(37)21(26(39)29(17,42)25(20)38)27(40)30-14-33-9-7-32(8-10-33)11-12-34/h4-6,16-17,20-22,34-35,41-42H,7-14H2,1-3H3,(H,30,40)/t16?,17-,20?,21?,22-,28+,29-/m0/s1. The SMILES string of the molecule is CN(C)[C@@H]1C(=O)C(C(=O)NCN2CCN(CCO)CC2)C(=O)[C@@]2(O)C(=O)C3C(=O)c4c(O)cccc4[C@@](C)(O)C3C[C@@H]12. The van der Waals surface area contributed by atoms with Crippen LogP contribution in [0, 0.1) is 23.7 Å². The van der Waals surface area contributed by atoms with Crippen molar-refractivity contribution in [2.75, 3.05) is 60.1 Å². The number of aliphatic hydroxyl groups excluding tert-OH is 1. The van der Waals surface area contributed by atoms with Gasteiger partial charge >= 0.3 is 0 Å². The summed E-state index contributed by atoms with van der Waals surface area (Å²) in [5.74, 6) is -11.5. The molecule has 3 fully saturated rings. The summed E-state index contributed by atoms with van der Waals surface area (Å²) < 4.78 is 0. The van der Waals surface area contributed by atoms with Crippen molar-refractivity contribution in [3.8, 4) is 5.75 Å². The number of piperazine rings is 1. The predicted molar refractivity (Wildman–Crippen MR) is 146 cm³/mol. The van der Waals surface area contributed by atoms with E-state index in [-0.39, 0.29) is 30.8 Å². The van der Waals surface area contributed by atoms with Crippen LogP contribution in [0.4, 0.5) is 0 Å². The Balaban J connectivity index is 1.45. The second-order valence-corrected chi connectivity index (χ2v) is 12.3. The minimum Gasteiger partial charge on any atom is -0.507 e. The average molecular weight is 587 g/mol. The molecule has 1 aliphatic heterocycles. The van der Waals surface area contributed by atoms with E-state index in [2.05, 4.69) is 10.2 Å². The van der Waals surface area contributed by atoms with Gasteiger partial charge in [-0.2, -0.15) is 0 Å². The number of fused-ring (bicyclic) bond motifs is 3. The molecule has 1 amide bonds. The highest BCUT2D eigenvalue weighted by Crippen LogP contribution is 2.55. The largest absolute Gasteiger partial charge is 0.507 e. The first-order valence-electron chi connectivity index (χ1n) is 14.2. The monoisotopic (exact) mass is 586 g/mol. The van der Waals surface area contributed by atoms with Crippen LogP contribution >= 0.6 is 0 Å². The Morgan fingerprint density at radius 3 is 2.29 bits per heavy atom. The van der Waals surface area contributed by atoms with E-state index >= 15 is 0 Å². The number of β-amino-alcohol motifs (C(OH)–C–C–N with tert-alkyl or cyclic N) is 1. The van der Waals surface area contributed by atoms with Gasteiger partial charge in [-0.1, -0.05) is 12.1 Å². The van der Waals surface area contributed by atoms with E-state index in [1.54, 1.807) is 0 Å². The fourth-order valence-electron chi connectivity index (χ4n) is 7.46. The summed E-state index contributed by atoms with van der Waals surface area (Å²) in [6.07, 6.45) is -0.229. The van der Waals surface area contributed by atoms with Crippen LogP contribution in [0.3, 0.4) is 0 Å². The Hall–Kier alpha value is -3.07. The van der Waals surface area contributed by atoms with Gasteiger partial charge in [0.05, 0.1) is 36.4 Å². The molecule has 4 aliphatic rings. The van der Waals surface area contributed by atoms with E-state index < -0.39 is 75.7 Å². The highest BCUT2D eigenvalue weighted by molar-refractivity contribution is 6.32. The molecule has 1 heterocycles. The third-order valence-corrected chi connectivity index (χ3v) is 9.72. The number of aliphatic hydroxyl groups is 3. The van der Waals surface area contributed by atoms with Gasteiger partial charge in [-0.3, -0.25) is 38.7 Å². The maximum absolute atomic E-state index is 14.1. The fourth-order valence-corrected chi connectivity index (χ4v) is 7.46. The summed E-state index contributed by atoms with van der Waals surface area (Å²) in [5, 5.41) is 45.8. The van der Waals surface area contributed by atoms with Gasteiger partial charge in [-0.25, -0.2) is 0 Å². The number of carbonyl (C=O) groups excluding carboxylic acids is 5. The van der Waals surface area contributed by atoms with Gasteiger partial charge in [0.25, 0.3) is 0 Å². The molecular weight excluding hydrogens is 548 g/mol. The molecule has 228 valence electrons. The second-order valence-electron chi connectivity index (χ2n) is 12.3. The van der Waals surface area contributed by atoms with Crippen LogP contribution < -0.4 is 5.32 Å². The van der Waals surface area contributed by atoms with E-state index in [0.717, 1.165) is 0 Å². The Kier molecular flexibility index (Phi) is 7.88. The Morgan fingerprint density at radius 2 is 1.67 bits per heavy atom. The molecule has 1 saturated heterocycles. The van der Waals surface area contributed by atoms with Crippen molar-refractivity contribution in [1.82, 2.24) is 20.0 Å². The minimum absolute atomic E-state index is 0.0351. The lowest BCUT2D eigenvalue weighted by atomic mass is 9.49. The van der Waals surface area contributed by atoms with Crippen LogP contribution in [0.1, 0.15) is 29.3 Å². The topological polar surface area (TPSA) is 188 Å². The molecule has 13 heteroatoms. The zero-order valence-electron chi connectivity index (χ0n) is 23.9. The number of Topliss-reactive ketones (excluding diaryl/α,β-unsaturated/α-hetero) is 4. The molecule has 0 bridgehead atoms.